The van der Waals surface area contributed by atoms with E-state index in [4.69, 9.17) is 21.4 Å². The fourth-order valence-electron chi connectivity index (χ4n) is 4.86. The number of thiophene rings is 1. The average molecular weight is 661 g/mol. The van der Waals surface area contributed by atoms with E-state index in [1.54, 1.807) is 77.6 Å². The van der Waals surface area contributed by atoms with E-state index in [0.717, 1.165) is 16.2 Å². The molecule has 13 heteroatoms. The molecule has 0 saturated heterocycles. The van der Waals surface area contributed by atoms with Crippen molar-refractivity contribution in [1.82, 2.24) is 25.1 Å². The summed E-state index contributed by atoms with van der Waals surface area (Å²) in [5.41, 5.74) is 2.74. The highest BCUT2D eigenvalue weighted by atomic mass is 35.5. The summed E-state index contributed by atoms with van der Waals surface area (Å²) in [7, 11) is 1.56. The lowest BCUT2D eigenvalue weighted by Crippen LogP contribution is -2.28. The number of thioether (sulfide) groups is 1. The molecule has 5 aromatic rings. The van der Waals surface area contributed by atoms with Gasteiger partial charge in [-0.05, 0) is 71.6 Å². The lowest BCUT2D eigenvalue weighted by molar-refractivity contribution is -0.130. The third-order valence-corrected chi connectivity index (χ3v) is 9.14. The van der Waals surface area contributed by atoms with E-state index in [2.05, 4.69) is 15.5 Å². The molecule has 3 aromatic carbocycles. The monoisotopic (exact) mass is 660 g/mol. The van der Waals surface area contributed by atoms with Crippen LogP contribution in [-0.2, 0) is 11.3 Å². The number of carbonyl (C=O) groups excluding carboxylic acids is 2. The van der Waals surface area contributed by atoms with Gasteiger partial charge >= 0.3 is 0 Å². The van der Waals surface area contributed by atoms with Crippen LogP contribution in [0.1, 0.15) is 39.1 Å². The number of hydrogen-bond donors (Lipinski definition) is 1. The van der Waals surface area contributed by atoms with Crippen molar-refractivity contribution in [2.75, 3.05) is 12.9 Å². The van der Waals surface area contributed by atoms with Gasteiger partial charge in [0.15, 0.2) is 11.0 Å². The molecule has 0 unspecified atom stereocenters. The SMILES string of the molecule is COc1ccc(C(=O)NCc2nnc(SCC(=O)N3N=C(c4cccs4)C[C@H]3c3ccc(F)cc3)n2-c2cccc(Cl)c2)cc1. The summed E-state index contributed by atoms with van der Waals surface area (Å²) < 4.78 is 20.6. The third-order valence-electron chi connectivity index (χ3n) is 7.08. The van der Waals surface area contributed by atoms with Crippen LogP contribution in [0.2, 0.25) is 5.02 Å². The molecule has 9 nitrogen and oxygen atoms in total. The number of rotatable bonds is 10. The number of nitrogens with one attached hydrogen (secondary N) is 1. The van der Waals surface area contributed by atoms with Crippen molar-refractivity contribution in [3.05, 3.63) is 123 Å². The zero-order valence-electron chi connectivity index (χ0n) is 23.9. The van der Waals surface area contributed by atoms with Gasteiger partial charge in [0.1, 0.15) is 11.6 Å². The number of aromatic nitrogens is 3. The first-order valence-corrected chi connectivity index (χ1v) is 16.1. The van der Waals surface area contributed by atoms with Crippen LogP contribution in [0.4, 0.5) is 4.39 Å². The Bertz CT molecular complexity index is 1850. The predicted octanol–water partition coefficient (Wildman–Crippen LogP) is 6.53. The molecule has 0 fully saturated rings. The topological polar surface area (TPSA) is 102 Å². The van der Waals surface area contributed by atoms with Crippen molar-refractivity contribution in [1.29, 1.82) is 0 Å². The number of amides is 2. The number of nitrogens with zero attached hydrogens (tertiary/aromatic N) is 5. The van der Waals surface area contributed by atoms with Gasteiger partial charge in [-0.1, -0.05) is 47.6 Å². The number of hydrogen-bond acceptors (Lipinski definition) is 8. The summed E-state index contributed by atoms with van der Waals surface area (Å²) in [5.74, 6) is 0.238. The van der Waals surface area contributed by atoms with Gasteiger partial charge in [-0.2, -0.15) is 5.10 Å². The molecule has 1 aliphatic heterocycles. The van der Waals surface area contributed by atoms with E-state index in [0.29, 0.717) is 39.4 Å². The first kappa shape index (κ1) is 30.5. The van der Waals surface area contributed by atoms with Crippen molar-refractivity contribution < 1.29 is 18.7 Å². The summed E-state index contributed by atoms with van der Waals surface area (Å²) in [6.45, 7) is 0.0755. The van der Waals surface area contributed by atoms with Gasteiger partial charge in [-0.3, -0.25) is 14.2 Å². The maximum absolute atomic E-state index is 13.7. The quantitative estimate of drug-likeness (QED) is 0.171. The molecule has 0 aliphatic carbocycles. The predicted molar refractivity (Wildman–Crippen MR) is 173 cm³/mol. The van der Waals surface area contributed by atoms with Crippen LogP contribution in [0.25, 0.3) is 5.69 Å². The highest BCUT2D eigenvalue weighted by molar-refractivity contribution is 7.99. The van der Waals surface area contributed by atoms with E-state index in [1.807, 2.05) is 23.6 Å². The van der Waals surface area contributed by atoms with Gasteiger partial charge in [0.25, 0.3) is 11.8 Å². The Kier molecular flexibility index (Phi) is 9.24. The van der Waals surface area contributed by atoms with E-state index in [-0.39, 0.29) is 36.0 Å². The molecule has 45 heavy (non-hydrogen) atoms. The Hall–Kier alpha value is -4.52. The minimum absolute atomic E-state index is 0.00974. The highest BCUT2D eigenvalue weighted by Crippen LogP contribution is 2.35. The zero-order chi connectivity index (χ0) is 31.3. The van der Waals surface area contributed by atoms with Crippen molar-refractivity contribution in [2.24, 2.45) is 5.10 Å². The Morgan fingerprint density at radius 3 is 2.58 bits per heavy atom. The average Bonchev–Trinajstić information content (AvgIpc) is 3.83. The Morgan fingerprint density at radius 1 is 1.07 bits per heavy atom. The summed E-state index contributed by atoms with van der Waals surface area (Å²) in [6, 6.07) is 23.6. The molecule has 0 spiro atoms. The number of benzene rings is 3. The minimum atomic E-state index is -0.370. The van der Waals surface area contributed by atoms with Crippen LogP contribution in [0, 0.1) is 5.82 Å². The second kappa shape index (κ2) is 13.6. The summed E-state index contributed by atoms with van der Waals surface area (Å²) in [4.78, 5) is 27.5. The van der Waals surface area contributed by atoms with Crippen molar-refractivity contribution in [2.45, 2.75) is 24.2 Å². The van der Waals surface area contributed by atoms with E-state index in [1.165, 1.54) is 28.9 Å². The smallest absolute Gasteiger partial charge is 0.253 e. The van der Waals surface area contributed by atoms with Crippen molar-refractivity contribution in [3.63, 3.8) is 0 Å². The van der Waals surface area contributed by atoms with Crippen LogP contribution >= 0.6 is 34.7 Å². The van der Waals surface area contributed by atoms with Gasteiger partial charge < -0.3 is 10.1 Å². The maximum atomic E-state index is 13.7. The Labute approximate surface area is 271 Å². The van der Waals surface area contributed by atoms with Crippen molar-refractivity contribution >= 4 is 52.2 Å². The second-order valence-electron chi connectivity index (χ2n) is 9.95. The van der Waals surface area contributed by atoms with E-state index in [9.17, 15) is 14.0 Å². The van der Waals surface area contributed by atoms with Crippen LogP contribution in [0.5, 0.6) is 5.75 Å². The highest BCUT2D eigenvalue weighted by Gasteiger charge is 2.33. The summed E-state index contributed by atoms with van der Waals surface area (Å²) in [5, 5.41) is 20.7. The van der Waals surface area contributed by atoms with E-state index < -0.39 is 0 Å². The lowest BCUT2D eigenvalue weighted by Gasteiger charge is -2.22. The first-order valence-electron chi connectivity index (χ1n) is 13.8. The number of carbonyl (C=O) groups is 2. The molecular weight excluding hydrogens is 635 g/mol. The van der Waals surface area contributed by atoms with Gasteiger partial charge in [0.05, 0.1) is 41.7 Å². The normalized spacial score (nSPS) is 14.3. The minimum Gasteiger partial charge on any atom is -0.497 e. The number of hydrazone groups is 1. The van der Waals surface area contributed by atoms with Gasteiger partial charge in [0.2, 0.25) is 0 Å². The Morgan fingerprint density at radius 2 is 1.87 bits per heavy atom. The summed E-state index contributed by atoms with van der Waals surface area (Å²) in [6.07, 6.45) is 0.513. The molecule has 1 N–H and O–H groups in total. The maximum Gasteiger partial charge on any atom is 0.253 e. The van der Waals surface area contributed by atoms with Gasteiger partial charge in [-0.15, -0.1) is 21.5 Å². The molecule has 228 valence electrons. The molecule has 2 aromatic heterocycles. The fraction of sp³-hybridized carbons (Fsp3) is 0.156. The van der Waals surface area contributed by atoms with E-state index >= 15 is 0 Å². The molecule has 0 bridgehead atoms. The standard InChI is InChI=1S/C32H26ClFN6O3S2/c1-43-25-13-9-21(10-14-25)31(42)35-18-29-36-37-32(39(29)24-5-2-4-22(33)16-24)45-19-30(41)40-27(20-7-11-23(34)12-8-20)17-26(38-40)28-6-3-15-44-28/h2-16,27H,17-19H2,1H3,(H,35,42)/t27-/m0/s1. The first-order chi connectivity index (χ1) is 21.9. The lowest BCUT2D eigenvalue weighted by atomic mass is 10.0. The molecule has 1 atom stereocenters. The van der Waals surface area contributed by atoms with Crippen LogP contribution < -0.4 is 10.1 Å². The zero-order valence-corrected chi connectivity index (χ0v) is 26.3. The van der Waals surface area contributed by atoms with Crippen LogP contribution in [-0.4, -0.2) is 50.2 Å². The van der Waals surface area contributed by atoms with Crippen LogP contribution in [0.3, 0.4) is 0 Å². The molecular formula is C32H26ClFN6O3S2. The van der Waals surface area contributed by atoms with Gasteiger partial charge in [0, 0.05) is 17.0 Å². The number of methoxy groups -OCH3 is 1. The second-order valence-corrected chi connectivity index (χ2v) is 12.3. The molecule has 0 saturated carbocycles. The number of ether oxygens (including phenoxy) is 1. The molecule has 0 radical (unpaired) electrons. The summed E-state index contributed by atoms with van der Waals surface area (Å²) >= 11 is 9.06. The fourth-order valence-corrected chi connectivity index (χ4v) is 6.58. The molecule has 2 amide bonds. The van der Waals surface area contributed by atoms with Crippen molar-refractivity contribution in [3.8, 4) is 11.4 Å². The molecule has 6 rings (SSSR count). The molecule has 3 heterocycles. The Balaban J connectivity index is 1.22. The van der Waals surface area contributed by atoms with Crippen LogP contribution in [0.15, 0.2) is 101 Å². The van der Waals surface area contributed by atoms with Gasteiger partial charge in [-0.25, -0.2) is 9.40 Å². The third kappa shape index (κ3) is 6.93. The number of halogens is 2. The molecule has 1 aliphatic rings. The largest absolute Gasteiger partial charge is 0.497 e.